The molecule has 11 heavy (non-hydrogen) atoms. The highest BCUT2D eigenvalue weighted by Gasteiger charge is 1.99. The molecule has 0 atom stereocenters. The summed E-state index contributed by atoms with van der Waals surface area (Å²) >= 11 is 0. The molecular formula is C9H14N2. The maximum atomic E-state index is 4.07. The van der Waals surface area contributed by atoms with Gasteiger partial charge >= 0.3 is 0 Å². The molecule has 0 amide bonds. The number of hydrogen-bond donors (Lipinski definition) is 0. The van der Waals surface area contributed by atoms with Crippen LogP contribution in [0.4, 0.5) is 5.69 Å². The van der Waals surface area contributed by atoms with Crippen LogP contribution in [0.15, 0.2) is 18.5 Å². The molecule has 0 fully saturated rings. The van der Waals surface area contributed by atoms with Crippen LogP contribution < -0.4 is 4.90 Å². The van der Waals surface area contributed by atoms with Crippen LogP contribution in [-0.4, -0.2) is 18.6 Å². The highest BCUT2D eigenvalue weighted by Crippen LogP contribution is 2.15. The lowest BCUT2D eigenvalue weighted by Gasteiger charge is -2.17. The minimum Gasteiger partial charge on any atom is -0.373 e. The number of nitrogens with zero attached hydrogens (tertiary/aromatic N) is 2. The summed E-state index contributed by atoms with van der Waals surface area (Å²) in [6.45, 7) is 5.25. The fourth-order valence-electron chi connectivity index (χ4n) is 1.03. The van der Waals surface area contributed by atoms with Crippen LogP contribution in [0.5, 0.6) is 0 Å². The Morgan fingerprint density at radius 1 is 1.55 bits per heavy atom. The number of aromatic nitrogens is 1. The van der Waals surface area contributed by atoms with E-state index in [1.165, 1.54) is 11.3 Å². The molecule has 0 N–H and O–H groups in total. The van der Waals surface area contributed by atoms with Crippen molar-refractivity contribution in [2.45, 2.75) is 13.8 Å². The molecule has 0 aromatic carbocycles. The van der Waals surface area contributed by atoms with Gasteiger partial charge in [0, 0.05) is 19.8 Å². The Morgan fingerprint density at radius 3 is 2.82 bits per heavy atom. The number of rotatable bonds is 2. The van der Waals surface area contributed by atoms with E-state index in [-0.39, 0.29) is 0 Å². The van der Waals surface area contributed by atoms with E-state index in [0.717, 1.165) is 6.54 Å². The smallest absolute Gasteiger partial charge is 0.0579 e. The minimum absolute atomic E-state index is 1.02. The van der Waals surface area contributed by atoms with E-state index in [0.29, 0.717) is 0 Å². The lowest BCUT2D eigenvalue weighted by atomic mass is 10.2. The van der Waals surface area contributed by atoms with Crippen LogP contribution in [0.2, 0.25) is 0 Å². The largest absolute Gasteiger partial charge is 0.373 e. The van der Waals surface area contributed by atoms with Gasteiger partial charge in [-0.15, -0.1) is 0 Å². The molecule has 1 heterocycles. The van der Waals surface area contributed by atoms with E-state index in [1.54, 1.807) is 0 Å². The average molecular weight is 150 g/mol. The highest BCUT2D eigenvalue weighted by molar-refractivity contribution is 5.49. The topological polar surface area (TPSA) is 16.1 Å². The molecule has 0 saturated carbocycles. The van der Waals surface area contributed by atoms with Crippen molar-refractivity contribution in [1.82, 2.24) is 4.98 Å². The monoisotopic (exact) mass is 150 g/mol. The van der Waals surface area contributed by atoms with Crippen LogP contribution in [-0.2, 0) is 0 Å². The van der Waals surface area contributed by atoms with Gasteiger partial charge in [0.05, 0.1) is 11.9 Å². The molecule has 2 heteroatoms. The fraction of sp³-hybridized carbons (Fsp3) is 0.444. The molecule has 1 aromatic rings. The molecule has 0 bridgehead atoms. The first-order valence-corrected chi connectivity index (χ1v) is 3.87. The zero-order chi connectivity index (χ0) is 8.27. The summed E-state index contributed by atoms with van der Waals surface area (Å²) in [6.07, 6.45) is 3.72. The summed E-state index contributed by atoms with van der Waals surface area (Å²) in [5.41, 5.74) is 2.50. The predicted octanol–water partition coefficient (Wildman–Crippen LogP) is 1.85. The lowest BCUT2D eigenvalue weighted by molar-refractivity contribution is 0.953. The maximum Gasteiger partial charge on any atom is 0.0579 e. The molecule has 0 aliphatic heterocycles. The molecule has 0 unspecified atom stereocenters. The highest BCUT2D eigenvalue weighted by atomic mass is 15.1. The van der Waals surface area contributed by atoms with Gasteiger partial charge in [-0.25, -0.2) is 0 Å². The molecule has 1 aromatic heterocycles. The number of anilines is 1. The van der Waals surface area contributed by atoms with Gasteiger partial charge in [0.15, 0.2) is 0 Å². The lowest BCUT2D eigenvalue weighted by Crippen LogP contribution is -2.16. The molecule has 0 radical (unpaired) electrons. The second kappa shape index (κ2) is 3.37. The molecule has 1 rings (SSSR count). The zero-order valence-electron chi connectivity index (χ0n) is 7.33. The van der Waals surface area contributed by atoms with Crippen molar-refractivity contribution >= 4 is 5.69 Å². The Kier molecular flexibility index (Phi) is 2.47. The SMILES string of the molecule is CCN(C)c1cnccc1C. The Bertz CT molecular complexity index is 233. The van der Waals surface area contributed by atoms with E-state index in [2.05, 4.69) is 30.8 Å². The standard InChI is InChI=1S/C9H14N2/c1-4-11(3)9-7-10-6-5-8(9)2/h5-7H,4H2,1-3H3. The van der Waals surface area contributed by atoms with E-state index in [9.17, 15) is 0 Å². The Morgan fingerprint density at radius 2 is 2.27 bits per heavy atom. The first-order valence-electron chi connectivity index (χ1n) is 3.87. The number of aryl methyl sites for hydroxylation is 1. The van der Waals surface area contributed by atoms with Crippen molar-refractivity contribution in [1.29, 1.82) is 0 Å². The Labute approximate surface area is 67.9 Å². The minimum atomic E-state index is 1.02. The molecule has 0 saturated heterocycles. The third-order valence-electron chi connectivity index (χ3n) is 1.90. The second-order valence-corrected chi connectivity index (χ2v) is 2.68. The van der Waals surface area contributed by atoms with Crippen LogP contribution in [0.1, 0.15) is 12.5 Å². The molecule has 0 aliphatic carbocycles. The Hall–Kier alpha value is -1.05. The van der Waals surface area contributed by atoms with Crippen molar-refractivity contribution in [3.63, 3.8) is 0 Å². The maximum absolute atomic E-state index is 4.07. The van der Waals surface area contributed by atoms with Crippen molar-refractivity contribution in [3.8, 4) is 0 Å². The van der Waals surface area contributed by atoms with E-state index < -0.39 is 0 Å². The van der Waals surface area contributed by atoms with Crippen molar-refractivity contribution in [2.75, 3.05) is 18.5 Å². The Balaban J connectivity index is 2.93. The average Bonchev–Trinajstić information content (AvgIpc) is 2.04. The van der Waals surface area contributed by atoms with E-state index >= 15 is 0 Å². The van der Waals surface area contributed by atoms with Gasteiger partial charge in [-0.3, -0.25) is 4.98 Å². The van der Waals surface area contributed by atoms with Crippen molar-refractivity contribution < 1.29 is 0 Å². The predicted molar refractivity (Wildman–Crippen MR) is 47.9 cm³/mol. The van der Waals surface area contributed by atoms with Crippen molar-refractivity contribution in [2.24, 2.45) is 0 Å². The quantitative estimate of drug-likeness (QED) is 0.639. The van der Waals surface area contributed by atoms with Gasteiger partial charge in [0.25, 0.3) is 0 Å². The second-order valence-electron chi connectivity index (χ2n) is 2.68. The summed E-state index contributed by atoms with van der Waals surface area (Å²) in [7, 11) is 2.07. The summed E-state index contributed by atoms with van der Waals surface area (Å²) in [6, 6.07) is 2.03. The molecular weight excluding hydrogens is 136 g/mol. The van der Waals surface area contributed by atoms with Crippen LogP contribution in [0.25, 0.3) is 0 Å². The van der Waals surface area contributed by atoms with E-state index in [4.69, 9.17) is 0 Å². The van der Waals surface area contributed by atoms with Gasteiger partial charge < -0.3 is 4.90 Å². The van der Waals surface area contributed by atoms with Gasteiger partial charge in [-0.05, 0) is 25.5 Å². The first kappa shape index (κ1) is 8.05. The molecule has 0 spiro atoms. The van der Waals surface area contributed by atoms with Crippen LogP contribution in [0.3, 0.4) is 0 Å². The number of hydrogen-bond acceptors (Lipinski definition) is 2. The van der Waals surface area contributed by atoms with Gasteiger partial charge in [0.1, 0.15) is 0 Å². The van der Waals surface area contributed by atoms with Gasteiger partial charge in [0.2, 0.25) is 0 Å². The van der Waals surface area contributed by atoms with Gasteiger partial charge in [-0.2, -0.15) is 0 Å². The first-order chi connectivity index (χ1) is 5.25. The zero-order valence-corrected chi connectivity index (χ0v) is 7.33. The van der Waals surface area contributed by atoms with Crippen LogP contribution in [0, 0.1) is 6.92 Å². The van der Waals surface area contributed by atoms with Crippen molar-refractivity contribution in [3.05, 3.63) is 24.0 Å². The van der Waals surface area contributed by atoms with Crippen LogP contribution >= 0.6 is 0 Å². The third-order valence-corrected chi connectivity index (χ3v) is 1.90. The summed E-state index contributed by atoms with van der Waals surface area (Å²) in [5, 5.41) is 0. The normalized spacial score (nSPS) is 9.73. The summed E-state index contributed by atoms with van der Waals surface area (Å²) in [5.74, 6) is 0. The molecule has 60 valence electrons. The van der Waals surface area contributed by atoms with Gasteiger partial charge in [-0.1, -0.05) is 0 Å². The number of pyridine rings is 1. The van der Waals surface area contributed by atoms with E-state index in [1.807, 2.05) is 18.5 Å². The summed E-state index contributed by atoms with van der Waals surface area (Å²) in [4.78, 5) is 6.26. The molecule has 2 nitrogen and oxygen atoms in total. The fourth-order valence-corrected chi connectivity index (χ4v) is 1.03. The third kappa shape index (κ3) is 1.70. The summed E-state index contributed by atoms with van der Waals surface area (Å²) < 4.78 is 0. The molecule has 0 aliphatic rings.